The van der Waals surface area contributed by atoms with E-state index in [1.54, 1.807) is 4.68 Å². The van der Waals surface area contributed by atoms with Crippen LogP contribution in [0.25, 0.3) is 0 Å². The molecule has 114 valence electrons. The number of aromatic nitrogens is 3. The third-order valence-electron chi connectivity index (χ3n) is 3.12. The van der Waals surface area contributed by atoms with Crippen LogP contribution >= 0.6 is 0 Å². The van der Waals surface area contributed by atoms with Crippen molar-refractivity contribution in [2.45, 2.75) is 34.2 Å². The van der Waals surface area contributed by atoms with Gasteiger partial charge in [0.2, 0.25) is 5.88 Å². The summed E-state index contributed by atoms with van der Waals surface area (Å²) in [6.07, 6.45) is 1.88. The number of nitrogens with zero attached hydrogens (tertiary/aromatic N) is 3. The lowest BCUT2D eigenvalue weighted by Crippen LogP contribution is -2.19. The van der Waals surface area contributed by atoms with Crippen molar-refractivity contribution in [2.24, 2.45) is 13.0 Å². The van der Waals surface area contributed by atoms with Gasteiger partial charge >= 0.3 is 0 Å². The van der Waals surface area contributed by atoms with Crippen molar-refractivity contribution >= 4 is 0 Å². The lowest BCUT2D eigenvalue weighted by Gasteiger charge is -2.13. The van der Waals surface area contributed by atoms with Crippen LogP contribution in [0.5, 0.6) is 11.6 Å². The highest BCUT2D eigenvalue weighted by molar-refractivity contribution is 5.36. The van der Waals surface area contributed by atoms with Crippen LogP contribution in [0.2, 0.25) is 0 Å². The first-order valence-electron chi connectivity index (χ1n) is 7.30. The summed E-state index contributed by atoms with van der Waals surface area (Å²) in [6.45, 7) is 10.0. The largest absolute Gasteiger partial charge is 0.439 e. The number of ether oxygens (including phenoxy) is 1. The molecule has 0 bridgehead atoms. The normalized spacial score (nSPS) is 11.1. The van der Waals surface area contributed by atoms with E-state index in [0.717, 1.165) is 41.7 Å². The SMILES string of the molecule is Cc1cc(Oc2cc(C)nn2C)c(CNCC(C)C)cn1. The lowest BCUT2D eigenvalue weighted by molar-refractivity contribution is 0.421. The molecular formula is C16H24N4O. The van der Waals surface area contributed by atoms with Crippen LogP contribution in [0.3, 0.4) is 0 Å². The lowest BCUT2D eigenvalue weighted by atomic mass is 10.2. The van der Waals surface area contributed by atoms with Crippen molar-refractivity contribution in [1.82, 2.24) is 20.1 Å². The van der Waals surface area contributed by atoms with Gasteiger partial charge in [-0.3, -0.25) is 4.98 Å². The number of pyridine rings is 1. The second kappa shape index (κ2) is 6.72. The Balaban J connectivity index is 2.16. The van der Waals surface area contributed by atoms with Crippen LogP contribution in [-0.2, 0) is 13.6 Å². The fourth-order valence-electron chi connectivity index (χ4n) is 2.08. The zero-order valence-electron chi connectivity index (χ0n) is 13.5. The van der Waals surface area contributed by atoms with E-state index in [-0.39, 0.29) is 0 Å². The molecule has 0 amide bonds. The highest BCUT2D eigenvalue weighted by Gasteiger charge is 2.10. The van der Waals surface area contributed by atoms with Crippen molar-refractivity contribution < 1.29 is 4.74 Å². The highest BCUT2D eigenvalue weighted by Crippen LogP contribution is 2.25. The number of rotatable bonds is 6. The molecule has 0 saturated heterocycles. The summed E-state index contributed by atoms with van der Waals surface area (Å²) >= 11 is 0. The molecule has 0 fully saturated rings. The molecule has 2 aromatic rings. The van der Waals surface area contributed by atoms with E-state index >= 15 is 0 Å². The molecule has 5 heteroatoms. The summed E-state index contributed by atoms with van der Waals surface area (Å²) in [5.41, 5.74) is 2.94. The van der Waals surface area contributed by atoms with E-state index in [1.165, 1.54) is 0 Å². The van der Waals surface area contributed by atoms with Gasteiger partial charge in [0.05, 0.1) is 5.69 Å². The van der Waals surface area contributed by atoms with Gasteiger partial charge in [0.1, 0.15) is 5.75 Å². The second-order valence-electron chi connectivity index (χ2n) is 5.81. The molecule has 5 nitrogen and oxygen atoms in total. The van der Waals surface area contributed by atoms with Gasteiger partial charge in [0.15, 0.2) is 0 Å². The van der Waals surface area contributed by atoms with Gasteiger partial charge in [-0.15, -0.1) is 0 Å². The molecule has 1 N–H and O–H groups in total. The molecule has 0 aromatic carbocycles. The van der Waals surface area contributed by atoms with Crippen LogP contribution in [0, 0.1) is 19.8 Å². The van der Waals surface area contributed by atoms with E-state index in [9.17, 15) is 0 Å². The number of hydrogen-bond donors (Lipinski definition) is 1. The van der Waals surface area contributed by atoms with Crippen LogP contribution in [0.15, 0.2) is 18.3 Å². The highest BCUT2D eigenvalue weighted by atomic mass is 16.5. The summed E-state index contributed by atoms with van der Waals surface area (Å²) in [7, 11) is 1.88. The summed E-state index contributed by atoms with van der Waals surface area (Å²) in [5, 5.41) is 7.73. The number of aryl methyl sites for hydroxylation is 3. The Morgan fingerprint density at radius 2 is 2.00 bits per heavy atom. The molecule has 0 unspecified atom stereocenters. The Morgan fingerprint density at radius 3 is 2.62 bits per heavy atom. The maximum atomic E-state index is 6.02. The smallest absolute Gasteiger partial charge is 0.217 e. The molecule has 2 aromatic heterocycles. The average molecular weight is 288 g/mol. The Hall–Kier alpha value is -1.88. The molecule has 2 heterocycles. The van der Waals surface area contributed by atoms with E-state index in [1.807, 2.05) is 39.2 Å². The first-order chi connectivity index (χ1) is 9.95. The third-order valence-corrected chi connectivity index (χ3v) is 3.12. The molecule has 0 aliphatic carbocycles. The van der Waals surface area contributed by atoms with Gasteiger partial charge in [-0.1, -0.05) is 13.8 Å². The standard InChI is InChI=1S/C16H24N4O/c1-11(2)8-17-9-14-10-18-12(3)6-15(14)21-16-7-13(4)19-20(16)5/h6-7,10-11,17H,8-9H2,1-5H3. The van der Waals surface area contributed by atoms with Gasteiger partial charge in [0, 0.05) is 43.2 Å². The minimum Gasteiger partial charge on any atom is -0.439 e. The van der Waals surface area contributed by atoms with Crippen molar-refractivity contribution in [3.05, 3.63) is 35.3 Å². The summed E-state index contributed by atoms with van der Waals surface area (Å²) in [4.78, 5) is 4.36. The quantitative estimate of drug-likeness (QED) is 0.888. The Bertz CT molecular complexity index is 604. The zero-order valence-corrected chi connectivity index (χ0v) is 13.5. The Kier molecular flexibility index (Phi) is 4.96. The third kappa shape index (κ3) is 4.29. The van der Waals surface area contributed by atoms with Crippen molar-refractivity contribution in [3.8, 4) is 11.6 Å². The maximum Gasteiger partial charge on any atom is 0.217 e. The van der Waals surface area contributed by atoms with Crippen molar-refractivity contribution in [1.29, 1.82) is 0 Å². The molecule has 0 aliphatic rings. The number of nitrogens with one attached hydrogen (secondary N) is 1. The van der Waals surface area contributed by atoms with Crippen LogP contribution in [-0.4, -0.2) is 21.3 Å². The van der Waals surface area contributed by atoms with Crippen LogP contribution in [0.4, 0.5) is 0 Å². The van der Waals surface area contributed by atoms with E-state index in [4.69, 9.17) is 4.74 Å². The molecular weight excluding hydrogens is 264 g/mol. The topological polar surface area (TPSA) is 52.0 Å². The molecule has 0 atom stereocenters. The maximum absolute atomic E-state index is 6.02. The van der Waals surface area contributed by atoms with Gasteiger partial charge in [-0.2, -0.15) is 5.10 Å². The Morgan fingerprint density at radius 1 is 1.24 bits per heavy atom. The van der Waals surface area contributed by atoms with Gasteiger partial charge < -0.3 is 10.1 Å². The summed E-state index contributed by atoms with van der Waals surface area (Å²) < 4.78 is 7.77. The van der Waals surface area contributed by atoms with E-state index < -0.39 is 0 Å². The Labute approximate surface area is 126 Å². The van der Waals surface area contributed by atoms with E-state index in [2.05, 4.69) is 29.2 Å². The van der Waals surface area contributed by atoms with Crippen molar-refractivity contribution in [2.75, 3.05) is 6.54 Å². The predicted octanol–water partition coefficient (Wildman–Crippen LogP) is 2.97. The molecule has 2 rings (SSSR count). The van der Waals surface area contributed by atoms with E-state index in [0.29, 0.717) is 5.92 Å². The zero-order chi connectivity index (χ0) is 15.4. The molecule has 0 spiro atoms. The first kappa shape index (κ1) is 15.5. The van der Waals surface area contributed by atoms with Gasteiger partial charge in [-0.25, -0.2) is 4.68 Å². The summed E-state index contributed by atoms with van der Waals surface area (Å²) in [6, 6.07) is 3.90. The predicted molar refractivity (Wildman–Crippen MR) is 83.5 cm³/mol. The van der Waals surface area contributed by atoms with Crippen molar-refractivity contribution in [3.63, 3.8) is 0 Å². The first-order valence-corrected chi connectivity index (χ1v) is 7.30. The molecule has 0 aliphatic heterocycles. The molecule has 0 saturated carbocycles. The molecule has 0 radical (unpaired) electrons. The molecule has 21 heavy (non-hydrogen) atoms. The second-order valence-corrected chi connectivity index (χ2v) is 5.81. The fourth-order valence-corrected chi connectivity index (χ4v) is 2.08. The van der Waals surface area contributed by atoms with Gasteiger partial charge in [0.25, 0.3) is 0 Å². The fraction of sp³-hybridized carbons (Fsp3) is 0.500. The van der Waals surface area contributed by atoms with Crippen LogP contribution in [0.1, 0.15) is 30.8 Å². The number of hydrogen-bond acceptors (Lipinski definition) is 4. The monoisotopic (exact) mass is 288 g/mol. The van der Waals surface area contributed by atoms with Crippen LogP contribution < -0.4 is 10.1 Å². The average Bonchev–Trinajstić information content (AvgIpc) is 2.70. The summed E-state index contributed by atoms with van der Waals surface area (Å²) in [5.74, 6) is 2.19. The van der Waals surface area contributed by atoms with Gasteiger partial charge in [-0.05, 0) is 26.3 Å². The minimum atomic E-state index is 0.618. The minimum absolute atomic E-state index is 0.618.